The van der Waals surface area contributed by atoms with Crippen LogP contribution in [-0.2, 0) is 6.42 Å². The zero-order valence-corrected chi connectivity index (χ0v) is 14.9. The van der Waals surface area contributed by atoms with E-state index in [1.54, 1.807) is 12.1 Å². The molecule has 0 radical (unpaired) electrons. The van der Waals surface area contributed by atoms with Crippen LogP contribution in [-0.4, -0.2) is 42.0 Å². The molecule has 1 aromatic rings. The summed E-state index contributed by atoms with van der Waals surface area (Å²) in [4.78, 5) is 6.38. The number of nitrogens with two attached hydrogens (primary N) is 1. The molecule has 3 nitrogen and oxygen atoms in total. The summed E-state index contributed by atoms with van der Waals surface area (Å²) in [5.74, 6) is 2.42. The van der Waals surface area contributed by atoms with Crippen molar-refractivity contribution in [3.63, 3.8) is 0 Å². The lowest BCUT2D eigenvalue weighted by molar-refractivity contribution is 0.456. The average Bonchev–Trinajstić information content (AvgIpc) is 2.43. The summed E-state index contributed by atoms with van der Waals surface area (Å²) in [6.45, 7) is 2.32. The molecule has 0 unspecified atom stereocenters. The van der Waals surface area contributed by atoms with Gasteiger partial charge in [-0.05, 0) is 18.6 Å². The van der Waals surface area contributed by atoms with Gasteiger partial charge < -0.3 is 10.6 Å². The van der Waals surface area contributed by atoms with Crippen LogP contribution in [0.1, 0.15) is 5.56 Å². The lowest BCUT2D eigenvalue weighted by Gasteiger charge is -2.27. The third-order valence-electron chi connectivity index (χ3n) is 3.03. The number of benzene rings is 1. The molecule has 7 heteroatoms. The van der Waals surface area contributed by atoms with Crippen LogP contribution in [0.4, 0.5) is 4.39 Å². The molecule has 1 aliphatic heterocycles. The van der Waals surface area contributed by atoms with Gasteiger partial charge in [-0.15, -0.1) is 24.0 Å². The van der Waals surface area contributed by atoms with Crippen LogP contribution in [0.3, 0.4) is 0 Å². The van der Waals surface area contributed by atoms with Crippen LogP contribution >= 0.6 is 47.3 Å². The van der Waals surface area contributed by atoms with Crippen LogP contribution in [0.25, 0.3) is 0 Å². The first-order chi connectivity index (χ1) is 9.18. The molecule has 2 N–H and O–H groups in total. The molecule has 1 fully saturated rings. The Morgan fingerprint density at radius 2 is 2.10 bits per heavy atom. The lowest BCUT2D eigenvalue weighted by Crippen LogP contribution is -2.42. The second-order valence-corrected chi connectivity index (χ2v) is 5.92. The van der Waals surface area contributed by atoms with E-state index in [1.165, 1.54) is 6.07 Å². The third-order valence-corrected chi connectivity index (χ3v) is 4.33. The lowest BCUT2D eigenvalue weighted by atomic mass is 10.1. The first kappa shape index (κ1) is 17.8. The maximum atomic E-state index is 13.6. The van der Waals surface area contributed by atoms with Crippen LogP contribution in [0.15, 0.2) is 23.2 Å². The van der Waals surface area contributed by atoms with Crippen LogP contribution in [0.2, 0.25) is 5.02 Å². The molecule has 0 spiro atoms. The maximum Gasteiger partial charge on any atom is 0.191 e. The van der Waals surface area contributed by atoms with Gasteiger partial charge >= 0.3 is 0 Å². The number of hydrogen-bond donors (Lipinski definition) is 1. The van der Waals surface area contributed by atoms with Crippen molar-refractivity contribution in [2.24, 2.45) is 10.7 Å². The van der Waals surface area contributed by atoms with Crippen molar-refractivity contribution in [3.8, 4) is 0 Å². The summed E-state index contributed by atoms with van der Waals surface area (Å²) in [7, 11) is 0. The van der Waals surface area contributed by atoms with Gasteiger partial charge in [0.2, 0.25) is 0 Å². The number of halogens is 3. The molecular weight excluding hydrogens is 412 g/mol. The Bertz CT molecular complexity index is 447. The SMILES string of the molecule is I.NC(=NCCc1c(F)cccc1Cl)N1CCSCC1. The van der Waals surface area contributed by atoms with Gasteiger partial charge in [-0.25, -0.2) is 4.39 Å². The Kier molecular flexibility index (Phi) is 7.98. The van der Waals surface area contributed by atoms with Crippen LogP contribution in [0, 0.1) is 5.82 Å². The van der Waals surface area contributed by atoms with Crippen LogP contribution in [0.5, 0.6) is 0 Å². The fourth-order valence-corrected chi connectivity index (χ4v) is 3.11. The molecule has 20 heavy (non-hydrogen) atoms. The topological polar surface area (TPSA) is 41.6 Å². The molecule has 0 aliphatic carbocycles. The monoisotopic (exact) mass is 429 g/mol. The van der Waals surface area contributed by atoms with Gasteiger partial charge in [-0.1, -0.05) is 17.7 Å². The molecular formula is C13H18ClFIN3S. The van der Waals surface area contributed by atoms with Gasteiger partial charge in [0, 0.05) is 41.7 Å². The van der Waals surface area contributed by atoms with Crippen molar-refractivity contribution >= 4 is 53.3 Å². The Labute approximate surface area is 145 Å². The van der Waals surface area contributed by atoms with E-state index in [9.17, 15) is 4.39 Å². The predicted molar refractivity (Wildman–Crippen MR) is 95.9 cm³/mol. The van der Waals surface area contributed by atoms with E-state index in [2.05, 4.69) is 9.89 Å². The number of guanidine groups is 1. The van der Waals surface area contributed by atoms with Crippen molar-refractivity contribution < 1.29 is 4.39 Å². The Morgan fingerprint density at radius 1 is 1.40 bits per heavy atom. The minimum Gasteiger partial charge on any atom is -0.370 e. The normalized spacial score (nSPS) is 15.9. The minimum atomic E-state index is -0.282. The van der Waals surface area contributed by atoms with Crippen molar-refractivity contribution in [1.82, 2.24) is 4.90 Å². The second kappa shape index (κ2) is 8.94. The molecule has 0 saturated carbocycles. The first-order valence-electron chi connectivity index (χ1n) is 6.24. The molecule has 1 heterocycles. The summed E-state index contributed by atoms with van der Waals surface area (Å²) in [5.41, 5.74) is 6.44. The summed E-state index contributed by atoms with van der Waals surface area (Å²) in [5, 5.41) is 0.447. The number of hydrogen-bond acceptors (Lipinski definition) is 2. The van der Waals surface area contributed by atoms with Crippen molar-refractivity contribution in [1.29, 1.82) is 0 Å². The van der Waals surface area contributed by atoms with Gasteiger partial charge in [0.15, 0.2) is 5.96 Å². The molecule has 1 aromatic carbocycles. The number of rotatable bonds is 3. The van der Waals surface area contributed by atoms with E-state index in [0.29, 0.717) is 29.5 Å². The third kappa shape index (κ3) is 4.96. The zero-order chi connectivity index (χ0) is 13.7. The maximum absolute atomic E-state index is 13.6. The summed E-state index contributed by atoms with van der Waals surface area (Å²) in [6.07, 6.45) is 0.467. The summed E-state index contributed by atoms with van der Waals surface area (Å²) in [6, 6.07) is 4.70. The van der Waals surface area contributed by atoms with Gasteiger partial charge in [0.05, 0.1) is 0 Å². The van der Waals surface area contributed by atoms with Gasteiger partial charge in [0.1, 0.15) is 5.82 Å². The highest BCUT2D eigenvalue weighted by Crippen LogP contribution is 2.19. The second-order valence-electron chi connectivity index (χ2n) is 4.29. The molecule has 2 rings (SSSR count). The van der Waals surface area contributed by atoms with Crippen molar-refractivity contribution in [2.75, 3.05) is 31.1 Å². The van der Waals surface area contributed by atoms with E-state index in [-0.39, 0.29) is 29.8 Å². The van der Waals surface area contributed by atoms with E-state index < -0.39 is 0 Å². The molecule has 112 valence electrons. The van der Waals surface area contributed by atoms with Crippen LogP contribution < -0.4 is 5.73 Å². The molecule has 0 aromatic heterocycles. The predicted octanol–water partition coefficient (Wildman–Crippen LogP) is 3.00. The molecule has 0 atom stereocenters. The van der Waals surface area contributed by atoms with Gasteiger partial charge in [0.25, 0.3) is 0 Å². The summed E-state index contributed by atoms with van der Waals surface area (Å²) >= 11 is 7.88. The number of nitrogens with zero attached hydrogens (tertiary/aromatic N) is 2. The molecule has 0 bridgehead atoms. The van der Waals surface area contributed by atoms with E-state index in [1.807, 2.05) is 11.8 Å². The Balaban J connectivity index is 0.00000200. The Hall–Kier alpha value is -0.210. The summed E-state index contributed by atoms with van der Waals surface area (Å²) < 4.78 is 13.6. The fourth-order valence-electron chi connectivity index (χ4n) is 1.95. The van der Waals surface area contributed by atoms with Crippen molar-refractivity contribution in [2.45, 2.75) is 6.42 Å². The zero-order valence-electron chi connectivity index (χ0n) is 11.0. The quantitative estimate of drug-likeness (QED) is 0.456. The average molecular weight is 430 g/mol. The number of thioether (sulfide) groups is 1. The number of aliphatic imine (C=N–C) groups is 1. The van der Waals surface area contributed by atoms with Gasteiger partial charge in [-0.2, -0.15) is 11.8 Å². The molecule has 1 saturated heterocycles. The highest BCUT2D eigenvalue weighted by atomic mass is 127. The van der Waals surface area contributed by atoms with E-state index in [4.69, 9.17) is 17.3 Å². The minimum absolute atomic E-state index is 0. The molecule has 0 amide bonds. The highest BCUT2D eigenvalue weighted by Gasteiger charge is 2.12. The Morgan fingerprint density at radius 3 is 2.75 bits per heavy atom. The standard InChI is InChI=1S/C13H17ClFN3S.HI/c14-11-2-1-3-12(15)10(11)4-5-17-13(16)18-6-8-19-9-7-18;/h1-3H,4-9H2,(H2,16,17);1H. The highest BCUT2D eigenvalue weighted by molar-refractivity contribution is 14.0. The fraction of sp³-hybridized carbons (Fsp3) is 0.462. The first-order valence-corrected chi connectivity index (χ1v) is 7.77. The smallest absolute Gasteiger partial charge is 0.191 e. The molecule has 1 aliphatic rings. The van der Waals surface area contributed by atoms with Gasteiger partial charge in [-0.3, -0.25) is 4.99 Å². The van der Waals surface area contributed by atoms with Crippen molar-refractivity contribution in [3.05, 3.63) is 34.6 Å². The van der Waals surface area contributed by atoms with E-state index >= 15 is 0 Å². The van der Waals surface area contributed by atoms with E-state index in [0.717, 1.165) is 24.6 Å². The largest absolute Gasteiger partial charge is 0.370 e.